The van der Waals surface area contributed by atoms with E-state index in [-0.39, 0.29) is 22.8 Å². The molecule has 0 saturated heterocycles. The smallest absolute Gasteiger partial charge is 0.343 e. The molecule has 2 N–H and O–H groups in total. The van der Waals surface area contributed by atoms with Crippen molar-refractivity contribution in [3.8, 4) is 29.1 Å². The van der Waals surface area contributed by atoms with Gasteiger partial charge in [0.1, 0.15) is 23.2 Å². The zero-order valence-corrected chi connectivity index (χ0v) is 15.3. The Bertz CT molecular complexity index is 1030. The molecule has 0 aliphatic carbocycles. The Morgan fingerprint density at radius 1 is 1.15 bits per heavy atom. The van der Waals surface area contributed by atoms with Crippen LogP contribution < -0.4 is 30.3 Å². The number of rotatable bonds is 4. The number of nitriles is 1. The minimum absolute atomic E-state index is 0.0733. The number of nitrogens with two attached hydrogens (primary N) is 1. The SMILES string of the molecule is COc1ccc([C@H]2C(C#N)=C(N)Oc3cc(C)oc(=O)c32)c(OC)c1OC. The minimum Gasteiger partial charge on any atom is -0.493 e. The highest BCUT2D eigenvalue weighted by molar-refractivity contribution is 5.63. The number of aryl methyl sites for hydroxylation is 1. The first-order valence-electron chi connectivity index (χ1n) is 7.97. The number of fused-ring (bicyclic) bond motifs is 1. The number of methoxy groups -OCH3 is 3. The molecule has 0 spiro atoms. The van der Waals surface area contributed by atoms with Crippen molar-refractivity contribution in [3.05, 3.63) is 57.0 Å². The quantitative estimate of drug-likeness (QED) is 0.870. The molecule has 0 radical (unpaired) electrons. The maximum absolute atomic E-state index is 12.6. The number of nitrogens with zero attached hydrogens (tertiary/aromatic N) is 1. The van der Waals surface area contributed by atoms with Gasteiger partial charge in [0.2, 0.25) is 11.6 Å². The lowest BCUT2D eigenvalue weighted by molar-refractivity contribution is 0.320. The molecule has 1 aromatic carbocycles. The van der Waals surface area contributed by atoms with Crippen LogP contribution in [0.5, 0.6) is 23.0 Å². The Labute approximate surface area is 155 Å². The van der Waals surface area contributed by atoms with Crippen LogP contribution in [0, 0.1) is 18.3 Å². The third kappa shape index (κ3) is 2.83. The molecule has 140 valence electrons. The minimum atomic E-state index is -0.842. The van der Waals surface area contributed by atoms with Gasteiger partial charge in [0.05, 0.1) is 32.8 Å². The van der Waals surface area contributed by atoms with Crippen molar-refractivity contribution in [1.29, 1.82) is 5.26 Å². The van der Waals surface area contributed by atoms with Gasteiger partial charge in [0.15, 0.2) is 11.5 Å². The number of ether oxygens (including phenoxy) is 4. The van der Waals surface area contributed by atoms with E-state index in [9.17, 15) is 10.1 Å². The van der Waals surface area contributed by atoms with Gasteiger partial charge in [0, 0.05) is 11.6 Å². The van der Waals surface area contributed by atoms with Gasteiger partial charge in [-0.2, -0.15) is 5.26 Å². The fourth-order valence-corrected chi connectivity index (χ4v) is 3.18. The van der Waals surface area contributed by atoms with Crippen LogP contribution in [-0.2, 0) is 0 Å². The summed E-state index contributed by atoms with van der Waals surface area (Å²) >= 11 is 0. The van der Waals surface area contributed by atoms with Gasteiger partial charge < -0.3 is 29.1 Å². The maximum atomic E-state index is 12.6. The molecule has 1 aliphatic heterocycles. The van der Waals surface area contributed by atoms with Crippen molar-refractivity contribution in [1.82, 2.24) is 0 Å². The fourth-order valence-electron chi connectivity index (χ4n) is 3.18. The summed E-state index contributed by atoms with van der Waals surface area (Å²) in [4.78, 5) is 12.6. The van der Waals surface area contributed by atoms with Gasteiger partial charge in [-0.3, -0.25) is 0 Å². The predicted octanol–water partition coefficient (Wildman–Crippen LogP) is 2.19. The van der Waals surface area contributed by atoms with Crippen LogP contribution in [0.4, 0.5) is 0 Å². The average Bonchev–Trinajstić information content (AvgIpc) is 2.65. The average molecular weight is 370 g/mol. The van der Waals surface area contributed by atoms with Crippen LogP contribution in [0.2, 0.25) is 0 Å². The van der Waals surface area contributed by atoms with Crippen molar-refractivity contribution in [2.24, 2.45) is 5.73 Å². The summed E-state index contributed by atoms with van der Waals surface area (Å²) in [7, 11) is 4.42. The molecule has 8 nitrogen and oxygen atoms in total. The van der Waals surface area contributed by atoms with Crippen LogP contribution in [-0.4, -0.2) is 21.3 Å². The summed E-state index contributed by atoms with van der Waals surface area (Å²) in [6.45, 7) is 1.62. The Morgan fingerprint density at radius 3 is 2.44 bits per heavy atom. The Morgan fingerprint density at radius 2 is 1.85 bits per heavy atom. The summed E-state index contributed by atoms with van der Waals surface area (Å²) in [5, 5.41) is 9.66. The van der Waals surface area contributed by atoms with E-state index in [4.69, 9.17) is 29.1 Å². The third-order valence-corrected chi connectivity index (χ3v) is 4.30. The van der Waals surface area contributed by atoms with Crippen molar-refractivity contribution < 1.29 is 23.4 Å². The second-order valence-electron chi connectivity index (χ2n) is 5.77. The van der Waals surface area contributed by atoms with Gasteiger partial charge in [-0.15, -0.1) is 0 Å². The van der Waals surface area contributed by atoms with Crippen LogP contribution in [0.1, 0.15) is 22.8 Å². The zero-order valence-electron chi connectivity index (χ0n) is 15.3. The van der Waals surface area contributed by atoms with Gasteiger partial charge in [-0.05, 0) is 13.0 Å². The van der Waals surface area contributed by atoms with Gasteiger partial charge >= 0.3 is 5.63 Å². The van der Waals surface area contributed by atoms with Crippen LogP contribution in [0.3, 0.4) is 0 Å². The molecule has 27 heavy (non-hydrogen) atoms. The van der Waals surface area contributed by atoms with E-state index >= 15 is 0 Å². The summed E-state index contributed by atoms with van der Waals surface area (Å²) in [6.07, 6.45) is 0. The number of allylic oxidation sites excluding steroid dienone is 1. The Balaban J connectivity index is 2.37. The highest BCUT2D eigenvalue weighted by Crippen LogP contribution is 2.48. The normalized spacial score (nSPS) is 15.4. The summed E-state index contributed by atoms with van der Waals surface area (Å²) in [6, 6.07) is 6.92. The van der Waals surface area contributed by atoms with Crippen molar-refractivity contribution in [3.63, 3.8) is 0 Å². The molecule has 2 aromatic rings. The first-order chi connectivity index (χ1) is 13.0. The van der Waals surface area contributed by atoms with Gasteiger partial charge in [-0.1, -0.05) is 6.07 Å². The van der Waals surface area contributed by atoms with E-state index in [1.54, 1.807) is 25.1 Å². The van der Waals surface area contributed by atoms with Crippen molar-refractivity contribution >= 4 is 0 Å². The molecule has 1 atom stereocenters. The topological polar surface area (TPSA) is 117 Å². The van der Waals surface area contributed by atoms with E-state index in [0.717, 1.165) is 0 Å². The van der Waals surface area contributed by atoms with E-state index < -0.39 is 11.5 Å². The number of hydrogen-bond acceptors (Lipinski definition) is 8. The lowest BCUT2D eigenvalue weighted by Crippen LogP contribution is -2.26. The molecule has 3 rings (SSSR count). The van der Waals surface area contributed by atoms with E-state index in [1.807, 2.05) is 6.07 Å². The molecule has 0 saturated carbocycles. The highest BCUT2D eigenvalue weighted by atomic mass is 16.5. The Hall–Kier alpha value is -3.60. The molecule has 0 amide bonds. The van der Waals surface area contributed by atoms with E-state index in [0.29, 0.717) is 28.6 Å². The number of hydrogen-bond donors (Lipinski definition) is 1. The van der Waals surface area contributed by atoms with Gasteiger partial charge in [0.25, 0.3) is 0 Å². The molecule has 1 aromatic heterocycles. The van der Waals surface area contributed by atoms with Crippen molar-refractivity contribution in [2.75, 3.05) is 21.3 Å². The highest BCUT2D eigenvalue weighted by Gasteiger charge is 2.37. The molecule has 0 bridgehead atoms. The largest absolute Gasteiger partial charge is 0.493 e. The first kappa shape index (κ1) is 18.2. The molecule has 2 heterocycles. The van der Waals surface area contributed by atoms with E-state index in [2.05, 4.69) is 0 Å². The second-order valence-corrected chi connectivity index (χ2v) is 5.77. The van der Waals surface area contributed by atoms with Crippen LogP contribution >= 0.6 is 0 Å². The summed E-state index contributed by atoms with van der Waals surface area (Å²) < 4.78 is 26.9. The van der Waals surface area contributed by atoms with E-state index in [1.165, 1.54) is 21.3 Å². The molecule has 8 heteroatoms. The molecular weight excluding hydrogens is 352 g/mol. The van der Waals surface area contributed by atoms with Gasteiger partial charge in [-0.25, -0.2) is 4.79 Å². The second kappa shape index (κ2) is 6.96. The monoisotopic (exact) mass is 370 g/mol. The van der Waals surface area contributed by atoms with Crippen LogP contribution in [0.25, 0.3) is 0 Å². The molecule has 0 fully saturated rings. The Kier molecular flexibility index (Phi) is 4.69. The zero-order chi connectivity index (χ0) is 19.7. The number of benzene rings is 1. The molecule has 0 unspecified atom stereocenters. The summed E-state index contributed by atoms with van der Waals surface area (Å²) in [5.74, 6) is 0.763. The first-order valence-corrected chi connectivity index (χ1v) is 7.97. The fraction of sp³-hybridized carbons (Fsp3) is 0.263. The molecular formula is C19H18N2O6. The van der Waals surface area contributed by atoms with Crippen molar-refractivity contribution in [2.45, 2.75) is 12.8 Å². The maximum Gasteiger partial charge on any atom is 0.343 e. The lowest BCUT2D eigenvalue weighted by Gasteiger charge is -2.27. The standard InChI is InChI=1S/C19H18N2O6/c1-9-7-13-15(19(22)26-9)14(11(8-20)18(21)27-13)10-5-6-12(23-2)17(25-4)16(10)24-3/h5-7,14H,21H2,1-4H3/t14-/m0/s1. The summed E-state index contributed by atoms with van der Waals surface area (Å²) in [5.41, 5.74) is 6.07. The lowest BCUT2D eigenvalue weighted by atomic mass is 9.83. The van der Waals surface area contributed by atoms with Crippen LogP contribution in [0.15, 0.2) is 38.9 Å². The predicted molar refractivity (Wildman–Crippen MR) is 95.1 cm³/mol. The third-order valence-electron chi connectivity index (χ3n) is 4.30. The molecule has 1 aliphatic rings.